The second-order valence-electron chi connectivity index (χ2n) is 7.41. The molecule has 0 aliphatic carbocycles. The van der Waals surface area contributed by atoms with Gasteiger partial charge in [-0.2, -0.15) is 0 Å². The molecule has 8 heteroatoms. The topological polar surface area (TPSA) is 94.2 Å². The quantitative estimate of drug-likeness (QED) is 0.791. The molecule has 0 saturated carbocycles. The summed E-state index contributed by atoms with van der Waals surface area (Å²) in [7, 11) is 0. The predicted molar refractivity (Wildman–Crippen MR) is 106 cm³/mol. The number of nitrogens with one attached hydrogen (secondary N) is 2. The minimum Gasteiger partial charge on any atom is -0.360 e. The summed E-state index contributed by atoms with van der Waals surface area (Å²) in [5.41, 5.74) is 1.81. The van der Waals surface area contributed by atoms with Gasteiger partial charge >= 0.3 is 0 Å². The van der Waals surface area contributed by atoms with Crippen LogP contribution in [0.25, 0.3) is 11.4 Å². The summed E-state index contributed by atoms with van der Waals surface area (Å²) in [5.74, 6) is 0.860. The van der Waals surface area contributed by atoms with E-state index >= 15 is 0 Å². The van der Waals surface area contributed by atoms with Gasteiger partial charge < -0.3 is 20.1 Å². The van der Waals surface area contributed by atoms with Gasteiger partial charge in [-0.3, -0.25) is 9.59 Å². The van der Waals surface area contributed by atoms with Gasteiger partial charge in [-0.05, 0) is 37.5 Å². The van der Waals surface area contributed by atoms with Crippen LogP contribution in [0.4, 0.5) is 5.95 Å². The van der Waals surface area contributed by atoms with Crippen molar-refractivity contribution in [2.75, 3.05) is 31.1 Å². The Labute approximate surface area is 164 Å². The Morgan fingerprint density at radius 1 is 1.29 bits per heavy atom. The molecule has 4 rings (SSSR count). The number of carbonyl (C=O) groups is 2. The van der Waals surface area contributed by atoms with E-state index in [1.807, 2.05) is 29.3 Å². The first-order valence-electron chi connectivity index (χ1n) is 9.98. The van der Waals surface area contributed by atoms with Gasteiger partial charge in [-0.1, -0.05) is 0 Å². The lowest BCUT2D eigenvalue weighted by Gasteiger charge is -2.26. The molecule has 2 aliphatic heterocycles. The number of carbonyl (C=O) groups excluding carboxylic acids is 2. The molecule has 0 bridgehead atoms. The lowest BCUT2D eigenvalue weighted by atomic mass is 10.1. The zero-order valence-electron chi connectivity index (χ0n) is 15.9. The molecule has 0 aromatic carbocycles. The largest absolute Gasteiger partial charge is 0.360 e. The van der Waals surface area contributed by atoms with Gasteiger partial charge in [0.15, 0.2) is 0 Å². The van der Waals surface area contributed by atoms with Crippen molar-refractivity contribution >= 4 is 17.8 Å². The van der Waals surface area contributed by atoms with Crippen LogP contribution in [-0.2, 0) is 9.59 Å². The highest BCUT2D eigenvalue weighted by atomic mass is 16.2. The van der Waals surface area contributed by atoms with Crippen molar-refractivity contribution in [3.8, 4) is 11.4 Å². The molecular formula is C20H26N6O2. The SMILES string of the molecule is O=C(CCN1CCCCC1=O)NC1CCN(c2nccc(-c3ccc[nH]3)n2)C1. The van der Waals surface area contributed by atoms with E-state index in [2.05, 4.69) is 25.2 Å². The van der Waals surface area contributed by atoms with Crippen LogP contribution in [0, 0.1) is 0 Å². The number of aromatic amines is 1. The van der Waals surface area contributed by atoms with Crippen molar-refractivity contribution in [3.63, 3.8) is 0 Å². The molecule has 2 aromatic heterocycles. The van der Waals surface area contributed by atoms with E-state index < -0.39 is 0 Å². The molecule has 148 valence electrons. The minimum absolute atomic E-state index is 0.00581. The van der Waals surface area contributed by atoms with Crippen LogP contribution in [0.1, 0.15) is 32.1 Å². The summed E-state index contributed by atoms with van der Waals surface area (Å²) in [5, 5.41) is 3.09. The summed E-state index contributed by atoms with van der Waals surface area (Å²) in [6.07, 6.45) is 7.47. The van der Waals surface area contributed by atoms with E-state index in [-0.39, 0.29) is 17.9 Å². The first kappa shape index (κ1) is 18.5. The molecule has 28 heavy (non-hydrogen) atoms. The zero-order chi connectivity index (χ0) is 19.3. The monoisotopic (exact) mass is 382 g/mol. The number of piperidine rings is 1. The van der Waals surface area contributed by atoms with Crippen molar-refractivity contribution < 1.29 is 9.59 Å². The van der Waals surface area contributed by atoms with Gasteiger partial charge in [0.25, 0.3) is 0 Å². The van der Waals surface area contributed by atoms with Gasteiger partial charge in [0.2, 0.25) is 17.8 Å². The van der Waals surface area contributed by atoms with E-state index in [4.69, 9.17) is 0 Å². The number of anilines is 1. The first-order valence-corrected chi connectivity index (χ1v) is 9.98. The number of likely N-dealkylation sites (tertiary alicyclic amines) is 1. The average molecular weight is 382 g/mol. The normalized spacial score (nSPS) is 19.9. The molecule has 2 amide bonds. The Kier molecular flexibility index (Phi) is 5.55. The fraction of sp³-hybridized carbons (Fsp3) is 0.500. The third-order valence-electron chi connectivity index (χ3n) is 5.38. The zero-order valence-corrected chi connectivity index (χ0v) is 15.9. The van der Waals surface area contributed by atoms with Crippen molar-refractivity contribution in [1.82, 2.24) is 25.2 Å². The van der Waals surface area contributed by atoms with Gasteiger partial charge in [0, 0.05) is 57.5 Å². The third kappa shape index (κ3) is 4.32. The van der Waals surface area contributed by atoms with Gasteiger partial charge in [-0.25, -0.2) is 9.97 Å². The summed E-state index contributed by atoms with van der Waals surface area (Å²) in [6.45, 7) is 2.80. The van der Waals surface area contributed by atoms with Gasteiger partial charge in [0.1, 0.15) is 0 Å². The van der Waals surface area contributed by atoms with Crippen LogP contribution in [0.2, 0.25) is 0 Å². The smallest absolute Gasteiger partial charge is 0.225 e. The van der Waals surface area contributed by atoms with Crippen molar-refractivity contribution in [2.45, 2.75) is 38.1 Å². The second kappa shape index (κ2) is 8.41. The van der Waals surface area contributed by atoms with E-state index in [9.17, 15) is 9.59 Å². The highest BCUT2D eigenvalue weighted by Crippen LogP contribution is 2.20. The van der Waals surface area contributed by atoms with E-state index in [0.29, 0.717) is 31.9 Å². The predicted octanol–water partition coefficient (Wildman–Crippen LogP) is 1.57. The Bertz CT molecular complexity index is 822. The number of hydrogen-bond donors (Lipinski definition) is 2. The molecule has 1 atom stereocenters. The minimum atomic E-state index is 0.00581. The Morgan fingerprint density at radius 2 is 2.21 bits per heavy atom. The summed E-state index contributed by atoms with van der Waals surface area (Å²) in [6, 6.07) is 5.89. The van der Waals surface area contributed by atoms with Crippen LogP contribution in [0.5, 0.6) is 0 Å². The molecule has 2 saturated heterocycles. The molecular weight excluding hydrogens is 356 g/mol. The standard InChI is InChI=1S/C20H26N6O2/c27-18(8-13-25-11-2-1-5-19(25)28)23-15-7-12-26(14-15)20-22-10-6-17(24-20)16-4-3-9-21-16/h3-4,6,9-10,15,21H,1-2,5,7-8,11-14H2,(H,23,27). The fourth-order valence-corrected chi connectivity index (χ4v) is 3.83. The summed E-state index contributed by atoms with van der Waals surface area (Å²) >= 11 is 0. The molecule has 2 aromatic rings. The summed E-state index contributed by atoms with van der Waals surface area (Å²) < 4.78 is 0. The number of aromatic nitrogens is 3. The van der Waals surface area contributed by atoms with Crippen molar-refractivity contribution in [3.05, 3.63) is 30.6 Å². The molecule has 0 spiro atoms. The molecule has 8 nitrogen and oxygen atoms in total. The Balaban J connectivity index is 1.28. The lowest BCUT2D eigenvalue weighted by Crippen LogP contribution is -2.41. The Hall–Kier alpha value is -2.90. The van der Waals surface area contributed by atoms with Gasteiger partial charge in [0.05, 0.1) is 11.4 Å². The summed E-state index contributed by atoms with van der Waals surface area (Å²) in [4.78, 5) is 40.2. The van der Waals surface area contributed by atoms with Crippen LogP contribution < -0.4 is 10.2 Å². The van der Waals surface area contributed by atoms with Crippen molar-refractivity contribution in [2.24, 2.45) is 0 Å². The number of H-pyrrole nitrogens is 1. The van der Waals surface area contributed by atoms with E-state index in [0.717, 1.165) is 43.7 Å². The Morgan fingerprint density at radius 3 is 3.04 bits per heavy atom. The molecule has 2 N–H and O–H groups in total. The maximum absolute atomic E-state index is 12.3. The second-order valence-corrected chi connectivity index (χ2v) is 7.41. The third-order valence-corrected chi connectivity index (χ3v) is 5.38. The maximum Gasteiger partial charge on any atom is 0.225 e. The van der Waals surface area contributed by atoms with Crippen LogP contribution >= 0.6 is 0 Å². The molecule has 4 heterocycles. The van der Waals surface area contributed by atoms with Crippen molar-refractivity contribution in [1.29, 1.82) is 0 Å². The van der Waals surface area contributed by atoms with Crippen LogP contribution in [-0.4, -0.2) is 63.9 Å². The van der Waals surface area contributed by atoms with Gasteiger partial charge in [-0.15, -0.1) is 0 Å². The number of amides is 2. The highest BCUT2D eigenvalue weighted by Gasteiger charge is 2.26. The van der Waals surface area contributed by atoms with E-state index in [1.54, 1.807) is 6.20 Å². The number of rotatable bonds is 6. The van der Waals surface area contributed by atoms with E-state index in [1.165, 1.54) is 0 Å². The first-order chi connectivity index (χ1) is 13.7. The van der Waals surface area contributed by atoms with Crippen LogP contribution in [0.3, 0.4) is 0 Å². The van der Waals surface area contributed by atoms with Crippen LogP contribution in [0.15, 0.2) is 30.6 Å². The fourth-order valence-electron chi connectivity index (χ4n) is 3.83. The number of hydrogen-bond acceptors (Lipinski definition) is 5. The maximum atomic E-state index is 12.3. The number of nitrogens with zero attached hydrogens (tertiary/aromatic N) is 4. The molecule has 2 aliphatic rings. The molecule has 1 unspecified atom stereocenters. The molecule has 0 radical (unpaired) electrons. The average Bonchev–Trinajstić information content (AvgIpc) is 3.40. The molecule has 2 fully saturated rings. The highest BCUT2D eigenvalue weighted by molar-refractivity contribution is 5.79. The lowest BCUT2D eigenvalue weighted by molar-refractivity contribution is -0.133.